The Morgan fingerprint density at radius 3 is 2.68 bits per heavy atom. The van der Waals surface area contributed by atoms with E-state index in [2.05, 4.69) is 50.4 Å². The standard InChI is InChI=1S/C20H19N5/c1-2-20(7-8-20)16-6-5-15-13-22-25(18(15)11-16)17-12-19(23-21-14-17)24-9-3-4-10-24/h1,5-6,11-14H,3-4,7-10H2. The zero-order valence-corrected chi connectivity index (χ0v) is 14.0. The van der Waals surface area contributed by atoms with Gasteiger partial charge >= 0.3 is 0 Å². The first-order valence-electron chi connectivity index (χ1n) is 8.83. The number of hydrogen-bond acceptors (Lipinski definition) is 4. The maximum atomic E-state index is 5.76. The molecule has 0 amide bonds. The Morgan fingerprint density at radius 2 is 1.92 bits per heavy atom. The van der Waals surface area contributed by atoms with Crippen molar-refractivity contribution in [3.8, 4) is 18.0 Å². The second-order valence-electron chi connectivity index (χ2n) is 7.02. The van der Waals surface area contributed by atoms with E-state index in [4.69, 9.17) is 6.42 Å². The molecular weight excluding hydrogens is 310 g/mol. The summed E-state index contributed by atoms with van der Waals surface area (Å²) in [6.45, 7) is 2.10. The molecule has 0 N–H and O–H groups in total. The summed E-state index contributed by atoms with van der Waals surface area (Å²) in [6.07, 6.45) is 14.0. The number of anilines is 1. The van der Waals surface area contributed by atoms with Crippen LogP contribution >= 0.6 is 0 Å². The first-order valence-corrected chi connectivity index (χ1v) is 8.83. The predicted octanol–water partition coefficient (Wildman–Crippen LogP) is 3.08. The van der Waals surface area contributed by atoms with Crippen LogP contribution in [0.5, 0.6) is 0 Å². The van der Waals surface area contributed by atoms with E-state index < -0.39 is 0 Å². The smallest absolute Gasteiger partial charge is 0.153 e. The van der Waals surface area contributed by atoms with E-state index >= 15 is 0 Å². The molecule has 5 rings (SSSR count). The fourth-order valence-electron chi connectivity index (χ4n) is 3.73. The Morgan fingerprint density at radius 1 is 1.08 bits per heavy atom. The van der Waals surface area contributed by atoms with E-state index in [0.717, 1.165) is 48.3 Å². The molecule has 1 saturated carbocycles. The molecule has 124 valence electrons. The average molecular weight is 329 g/mol. The number of hydrogen-bond donors (Lipinski definition) is 0. The number of rotatable bonds is 3. The molecule has 3 heterocycles. The molecule has 0 bridgehead atoms. The second-order valence-corrected chi connectivity index (χ2v) is 7.02. The van der Waals surface area contributed by atoms with Gasteiger partial charge in [-0.25, -0.2) is 4.68 Å². The summed E-state index contributed by atoms with van der Waals surface area (Å²) >= 11 is 0. The normalized spacial score (nSPS) is 18.4. The Labute approximate surface area is 146 Å². The van der Waals surface area contributed by atoms with Crippen molar-refractivity contribution in [1.29, 1.82) is 0 Å². The van der Waals surface area contributed by atoms with Crippen molar-refractivity contribution in [3.05, 3.63) is 42.2 Å². The molecular formula is C20H19N5. The van der Waals surface area contributed by atoms with Crippen LogP contribution in [0.1, 0.15) is 31.2 Å². The third-order valence-electron chi connectivity index (χ3n) is 5.45. The third kappa shape index (κ3) is 2.29. The van der Waals surface area contributed by atoms with Crippen molar-refractivity contribution in [2.45, 2.75) is 31.1 Å². The van der Waals surface area contributed by atoms with Gasteiger partial charge < -0.3 is 4.90 Å². The molecule has 0 spiro atoms. The van der Waals surface area contributed by atoms with Crippen LogP contribution in [0.4, 0.5) is 5.82 Å². The van der Waals surface area contributed by atoms with Gasteiger partial charge in [0, 0.05) is 24.5 Å². The minimum atomic E-state index is -0.0690. The SMILES string of the molecule is C#CC1(c2ccc3cnn(-c4cnnc(N5CCCC5)c4)c3c2)CC1. The van der Waals surface area contributed by atoms with Crippen molar-refractivity contribution in [1.82, 2.24) is 20.0 Å². The molecule has 1 aliphatic heterocycles. The molecule has 5 nitrogen and oxygen atoms in total. The van der Waals surface area contributed by atoms with Gasteiger partial charge in [-0.1, -0.05) is 18.1 Å². The van der Waals surface area contributed by atoms with Crippen molar-refractivity contribution in [2.24, 2.45) is 0 Å². The number of benzene rings is 1. The first-order chi connectivity index (χ1) is 12.3. The molecule has 3 aromatic rings. The maximum Gasteiger partial charge on any atom is 0.153 e. The molecule has 2 aromatic heterocycles. The topological polar surface area (TPSA) is 46.8 Å². The van der Waals surface area contributed by atoms with E-state index in [9.17, 15) is 0 Å². The summed E-state index contributed by atoms with van der Waals surface area (Å²) in [4.78, 5) is 2.28. The molecule has 1 saturated heterocycles. The van der Waals surface area contributed by atoms with Gasteiger partial charge in [0.15, 0.2) is 5.82 Å². The number of aromatic nitrogens is 4. The molecule has 0 unspecified atom stereocenters. The van der Waals surface area contributed by atoms with Crippen LogP contribution in [0.3, 0.4) is 0 Å². The van der Waals surface area contributed by atoms with Gasteiger partial charge in [0.25, 0.3) is 0 Å². The van der Waals surface area contributed by atoms with Crippen LogP contribution in [0, 0.1) is 12.3 Å². The molecule has 2 aliphatic rings. The summed E-state index contributed by atoms with van der Waals surface area (Å²) in [5.74, 6) is 3.90. The van der Waals surface area contributed by atoms with Crippen LogP contribution in [0.25, 0.3) is 16.6 Å². The van der Waals surface area contributed by atoms with E-state index in [-0.39, 0.29) is 5.41 Å². The van der Waals surface area contributed by atoms with Crippen LogP contribution in [-0.4, -0.2) is 33.1 Å². The average Bonchev–Trinajstić information content (AvgIpc) is 3.08. The Balaban J connectivity index is 1.60. The maximum absolute atomic E-state index is 5.76. The lowest BCUT2D eigenvalue weighted by atomic mass is 9.96. The quantitative estimate of drug-likeness (QED) is 0.693. The fraction of sp³-hybridized carbons (Fsp3) is 0.350. The van der Waals surface area contributed by atoms with Crippen molar-refractivity contribution < 1.29 is 0 Å². The van der Waals surface area contributed by atoms with Crippen molar-refractivity contribution in [3.63, 3.8) is 0 Å². The molecule has 2 fully saturated rings. The lowest BCUT2D eigenvalue weighted by molar-refractivity contribution is 0.853. The fourth-order valence-corrected chi connectivity index (χ4v) is 3.73. The Hall–Kier alpha value is -2.87. The molecule has 0 radical (unpaired) electrons. The molecule has 0 atom stereocenters. The lowest BCUT2D eigenvalue weighted by Gasteiger charge is -2.16. The third-order valence-corrected chi connectivity index (χ3v) is 5.45. The zero-order valence-electron chi connectivity index (χ0n) is 14.0. The summed E-state index contributed by atoms with van der Waals surface area (Å²) in [5.41, 5.74) is 3.15. The van der Waals surface area contributed by atoms with Gasteiger partial charge in [-0.2, -0.15) is 10.2 Å². The van der Waals surface area contributed by atoms with Crippen LogP contribution in [-0.2, 0) is 5.41 Å². The van der Waals surface area contributed by atoms with E-state index in [1.54, 1.807) is 6.20 Å². The van der Waals surface area contributed by atoms with E-state index in [0.29, 0.717) is 0 Å². The van der Waals surface area contributed by atoms with Gasteiger partial charge in [-0.3, -0.25) is 0 Å². The van der Waals surface area contributed by atoms with Gasteiger partial charge in [0.2, 0.25) is 0 Å². The highest BCUT2D eigenvalue weighted by molar-refractivity contribution is 5.81. The Kier molecular flexibility index (Phi) is 3.08. The molecule has 1 aliphatic carbocycles. The summed E-state index contributed by atoms with van der Waals surface area (Å²) in [6, 6.07) is 8.51. The monoisotopic (exact) mass is 329 g/mol. The Bertz CT molecular complexity index is 987. The predicted molar refractivity (Wildman–Crippen MR) is 97.9 cm³/mol. The number of fused-ring (bicyclic) bond motifs is 1. The van der Waals surface area contributed by atoms with E-state index in [1.807, 2.05) is 10.9 Å². The zero-order chi connectivity index (χ0) is 16.9. The van der Waals surface area contributed by atoms with Gasteiger partial charge in [0.1, 0.15) is 0 Å². The summed E-state index contributed by atoms with van der Waals surface area (Å²) in [7, 11) is 0. The van der Waals surface area contributed by atoms with Gasteiger partial charge in [-0.05, 0) is 37.3 Å². The summed E-state index contributed by atoms with van der Waals surface area (Å²) in [5, 5.41) is 14.2. The minimum Gasteiger partial charge on any atom is -0.355 e. The first kappa shape index (κ1) is 14.5. The summed E-state index contributed by atoms with van der Waals surface area (Å²) < 4.78 is 1.94. The number of terminal acetylenes is 1. The van der Waals surface area contributed by atoms with Crippen molar-refractivity contribution >= 4 is 16.7 Å². The number of nitrogens with zero attached hydrogens (tertiary/aromatic N) is 5. The largest absolute Gasteiger partial charge is 0.355 e. The second kappa shape index (κ2) is 5.32. The van der Waals surface area contributed by atoms with E-state index in [1.165, 1.54) is 18.4 Å². The van der Waals surface area contributed by atoms with Crippen LogP contribution in [0.2, 0.25) is 0 Å². The highest BCUT2D eigenvalue weighted by atomic mass is 15.3. The van der Waals surface area contributed by atoms with Crippen LogP contribution in [0.15, 0.2) is 36.7 Å². The van der Waals surface area contributed by atoms with Gasteiger partial charge in [-0.15, -0.1) is 11.5 Å². The molecule has 1 aromatic carbocycles. The minimum absolute atomic E-state index is 0.0690. The lowest BCUT2D eigenvalue weighted by Crippen LogP contribution is -2.19. The molecule has 5 heteroatoms. The highest BCUT2D eigenvalue weighted by Gasteiger charge is 2.42. The highest BCUT2D eigenvalue weighted by Crippen LogP contribution is 2.48. The van der Waals surface area contributed by atoms with Crippen molar-refractivity contribution in [2.75, 3.05) is 18.0 Å². The van der Waals surface area contributed by atoms with Gasteiger partial charge in [0.05, 0.1) is 29.0 Å². The molecule has 25 heavy (non-hydrogen) atoms. The van der Waals surface area contributed by atoms with Crippen LogP contribution < -0.4 is 4.90 Å².